The number of amides is 3. The molecular weight excluding hydrogens is 359 g/mol. The molecule has 0 radical (unpaired) electrons. The number of carbonyl (C=O) groups excluding carboxylic acids is 3. The Morgan fingerprint density at radius 3 is 2.32 bits per heavy atom. The van der Waals surface area contributed by atoms with Crippen LogP contribution in [0.15, 0.2) is 29.6 Å². The number of nitrogens with one attached hydrogen (secondary N) is 3. The van der Waals surface area contributed by atoms with Gasteiger partial charge in [0.15, 0.2) is 17.5 Å². The van der Waals surface area contributed by atoms with Gasteiger partial charge in [-0.2, -0.15) is 0 Å². The van der Waals surface area contributed by atoms with Crippen molar-refractivity contribution in [1.29, 1.82) is 0 Å². The van der Waals surface area contributed by atoms with E-state index in [-0.39, 0.29) is 6.54 Å². The first-order valence-electron chi connectivity index (χ1n) is 6.90. The quantitative estimate of drug-likeness (QED) is 0.675. The highest BCUT2D eigenvalue weighted by Gasteiger charge is 2.15. The molecule has 1 aromatic carbocycles. The standard InChI is InChI=1S/C15H12F3N3O3S/c16-8-3-4-9(14(18)13(8)17)21-12(23)7-19-11(22)6-20-15(24)10-2-1-5-25-10/h1-5H,6-7H2,(H,19,22)(H,20,24)(H,21,23). The molecule has 0 unspecified atom stereocenters. The summed E-state index contributed by atoms with van der Waals surface area (Å²) in [6.45, 7) is -0.893. The highest BCUT2D eigenvalue weighted by Crippen LogP contribution is 2.19. The van der Waals surface area contributed by atoms with Gasteiger partial charge in [0.05, 0.1) is 23.7 Å². The number of hydrogen-bond acceptors (Lipinski definition) is 4. The van der Waals surface area contributed by atoms with E-state index in [0.29, 0.717) is 10.9 Å². The fourth-order valence-electron chi connectivity index (χ4n) is 1.71. The van der Waals surface area contributed by atoms with Crippen LogP contribution in [0.1, 0.15) is 9.67 Å². The van der Waals surface area contributed by atoms with E-state index in [2.05, 4.69) is 10.6 Å². The average Bonchev–Trinajstić information content (AvgIpc) is 3.13. The summed E-state index contributed by atoms with van der Waals surface area (Å²) in [7, 11) is 0. The summed E-state index contributed by atoms with van der Waals surface area (Å²) in [6.07, 6.45) is 0. The van der Waals surface area contributed by atoms with Gasteiger partial charge in [0.2, 0.25) is 11.8 Å². The summed E-state index contributed by atoms with van der Waals surface area (Å²) >= 11 is 1.20. The normalized spacial score (nSPS) is 10.2. The first kappa shape index (κ1) is 18.5. The number of hydrogen-bond donors (Lipinski definition) is 3. The van der Waals surface area contributed by atoms with Crippen molar-refractivity contribution >= 4 is 34.7 Å². The number of thiophene rings is 1. The van der Waals surface area contributed by atoms with Gasteiger partial charge in [-0.15, -0.1) is 11.3 Å². The summed E-state index contributed by atoms with van der Waals surface area (Å²) in [5.41, 5.74) is -0.552. The maximum Gasteiger partial charge on any atom is 0.261 e. The fraction of sp³-hybridized carbons (Fsp3) is 0.133. The van der Waals surface area contributed by atoms with E-state index < -0.39 is 47.4 Å². The number of halogens is 3. The van der Waals surface area contributed by atoms with Crippen molar-refractivity contribution in [2.75, 3.05) is 18.4 Å². The van der Waals surface area contributed by atoms with Gasteiger partial charge in [0.1, 0.15) is 0 Å². The van der Waals surface area contributed by atoms with Crippen molar-refractivity contribution in [1.82, 2.24) is 10.6 Å². The van der Waals surface area contributed by atoms with Crippen LogP contribution < -0.4 is 16.0 Å². The second kappa shape index (κ2) is 8.29. The van der Waals surface area contributed by atoms with Crippen LogP contribution >= 0.6 is 11.3 Å². The highest BCUT2D eigenvalue weighted by atomic mass is 32.1. The smallest absolute Gasteiger partial charge is 0.261 e. The zero-order valence-corrected chi connectivity index (χ0v) is 13.4. The molecule has 3 N–H and O–H groups in total. The Morgan fingerprint density at radius 1 is 0.920 bits per heavy atom. The van der Waals surface area contributed by atoms with Crippen LogP contribution in [0.5, 0.6) is 0 Å². The largest absolute Gasteiger partial charge is 0.345 e. The molecule has 10 heteroatoms. The van der Waals surface area contributed by atoms with Crippen LogP contribution in [0.3, 0.4) is 0 Å². The third kappa shape index (κ3) is 5.05. The lowest BCUT2D eigenvalue weighted by Gasteiger charge is -2.09. The Bertz CT molecular complexity index is 797. The van der Waals surface area contributed by atoms with Gasteiger partial charge in [-0.05, 0) is 23.6 Å². The van der Waals surface area contributed by atoms with Crippen LogP contribution in [0.4, 0.5) is 18.9 Å². The minimum absolute atomic E-state index is 0.358. The van der Waals surface area contributed by atoms with Gasteiger partial charge in [0.25, 0.3) is 5.91 Å². The molecule has 0 saturated carbocycles. The first-order chi connectivity index (χ1) is 11.9. The highest BCUT2D eigenvalue weighted by molar-refractivity contribution is 7.12. The monoisotopic (exact) mass is 371 g/mol. The van der Waals surface area contributed by atoms with Crippen molar-refractivity contribution in [3.63, 3.8) is 0 Å². The zero-order valence-electron chi connectivity index (χ0n) is 12.6. The van der Waals surface area contributed by atoms with Crippen molar-refractivity contribution in [2.45, 2.75) is 0 Å². The summed E-state index contributed by atoms with van der Waals surface area (Å²) < 4.78 is 39.2. The molecule has 0 saturated heterocycles. The minimum Gasteiger partial charge on any atom is -0.345 e. The van der Waals surface area contributed by atoms with E-state index in [0.717, 1.165) is 6.07 Å². The summed E-state index contributed by atoms with van der Waals surface area (Å²) in [6, 6.07) is 4.78. The molecule has 3 amide bonds. The molecule has 0 atom stereocenters. The van der Waals surface area contributed by atoms with E-state index in [4.69, 9.17) is 0 Å². The zero-order chi connectivity index (χ0) is 18.4. The molecule has 0 aliphatic rings. The van der Waals surface area contributed by atoms with Gasteiger partial charge in [-0.1, -0.05) is 6.07 Å². The molecule has 0 aliphatic heterocycles. The summed E-state index contributed by atoms with van der Waals surface area (Å²) in [5.74, 6) is -6.56. The number of benzene rings is 1. The Kier molecular flexibility index (Phi) is 6.12. The minimum atomic E-state index is -1.71. The molecule has 0 fully saturated rings. The molecule has 2 rings (SSSR count). The first-order valence-corrected chi connectivity index (χ1v) is 7.78. The number of anilines is 1. The van der Waals surface area contributed by atoms with Gasteiger partial charge in [-0.3, -0.25) is 14.4 Å². The van der Waals surface area contributed by atoms with Crippen LogP contribution in [0.25, 0.3) is 0 Å². The van der Waals surface area contributed by atoms with Crippen molar-refractivity contribution in [2.24, 2.45) is 0 Å². The Balaban J connectivity index is 1.77. The lowest BCUT2D eigenvalue weighted by Crippen LogP contribution is -2.40. The van der Waals surface area contributed by atoms with E-state index in [1.165, 1.54) is 11.3 Å². The average molecular weight is 371 g/mol. The molecule has 2 aromatic rings. The Hall–Kier alpha value is -2.88. The fourth-order valence-corrected chi connectivity index (χ4v) is 2.35. The second-order valence-electron chi connectivity index (χ2n) is 4.71. The predicted molar refractivity (Wildman–Crippen MR) is 84.6 cm³/mol. The van der Waals surface area contributed by atoms with E-state index in [9.17, 15) is 27.6 Å². The van der Waals surface area contributed by atoms with Gasteiger partial charge in [-0.25, -0.2) is 13.2 Å². The maximum atomic E-state index is 13.4. The van der Waals surface area contributed by atoms with Crippen LogP contribution in [0.2, 0.25) is 0 Å². The second-order valence-corrected chi connectivity index (χ2v) is 5.66. The summed E-state index contributed by atoms with van der Waals surface area (Å²) in [5, 5.41) is 8.26. The van der Waals surface area contributed by atoms with Gasteiger partial charge >= 0.3 is 0 Å². The van der Waals surface area contributed by atoms with E-state index in [1.807, 2.05) is 5.32 Å². The molecule has 132 valence electrons. The third-order valence-electron chi connectivity index (χ3n) is 2.91. The van der Waals surface area contributed by atoms with Crippen LogP contribution in [0, 0.1) is 17.5 Å². The van der Waals surface area contributed by atoms with Gasteiger partial charge in [0, 0.05) is 0 Å². The third-order valence-corrected chi connectivity index (χ3v) is 3.78. The number of rotatable bonds is 6. The molecule has 1 aromatic heterocycles. The molecule has 0 spiro atoms. The SMILES string of the molecule is O=C(CNC(=O)c1cccs1)NCC(=O)Nc1ccc(F)c(F)c1F. The topological polar surface area (TPSA) is 87.3 Å². The lowest BCUT2D eigenvalue weighted by molar-refractivity contribution is -0.123. The Labute approximate surface area is 144 Å². The Morgan fingerprint density at radius 2 is 1.64 bits per heavy atom. The molecule has 6 nitrogen and oxygen atoms in total. The summed E-state index contributed by atoms with van der Waals surface area (Å²) in [4.78, 5) is 35.2. The van der Waals surface area contributed by atoms with Crippen molar-refractivity contribution in [3.8, 4) is 0 Å². The van der Waals surface area contributed by atoms with Crippen molar-refractivity contribution < 1.29 is 27.6 Å². The van der Waals surface area contributed by atoms with E-state index in [1.54, 1.807) is 17.5 Å². The van der Waals surface area contributed by atoms with Crippen LogP contribution in [-0.4, -0.2) is 30.8 Å². The molecule has 0 aliphatic carbocycles. The lowest BCUT2D eigenvalue weighted by atomic mass is 10.2. The van der Waals surface area contributed by atoms with Gasteiger partial charge < -0.3 is 16.0 Å². The maximum absolute atomic E-state index is 13.4. The van der Waals surface area contributed by atoms with E-state index >= 15 is 0 Å². The number of carbonyl (C=O) groups is 3. The molecular formula is C15H12F3N3O3S. The molecule has 1 heterocycles. The molecule has 0 bridgehead atoms. The van der Waals surface area contributed by atoms with Crippen molar-refractivity contribution in [3.05, 3.63) is 52.0 Å². The molecule has 25 heavy (non-hydrogen) atoms. The predicted octanol–water partition coefficient (Wildman–Crippen LogP) is 1.65. The van der Waals surface area contributed by atoms with Crippen LogP contribution in [-0.2, 0) is 9.59 Å².